The SMILES string of the molecule is NC(=O)c1cnc(Cl)nc1NCc1ccccc1C1CC1. The van der Waals surface area contributed by atoms with Crippen molar-refractivity contribution in [2.45, 2.75) is 25.3 Å². The van der Waals surface area contributed by atoms with Gasteiger partial charge in [0.1, 0.15) is 5.82 Å². The van der Waals surface area contributed by atoms with Crippen LogP contribution in [0.3, 0.4) is 0 Å². The van der Waals surface area contributed by atoms with Crippen LogP contribution in [0, 0.1) is 0 Å². The maximum atomic E-state index is 11.4. The molecule has 1 aliphatic rings. The van der Waals surface area contributed by atoms with Crippen molar-refractivity contribution in [1.29, 1.82) is 0 Å². The fourth-order valence-electron chi connectivity index (χ4n) is 2.34. The summed E-state index contributed by atoms with van der Waals surface area (Å²) in [5.74, 6) is 0.449. The minimum atomic E-state index is -0.579. The maximum absolute atomic E-state index is 11.4. The maximum Gasteiger partial charge on any atom is 0.254 e. The highest BCUT2D eigenvalue weighted by molar-refractivity contribution is 6.28. The Morgan fingerprint density at radius 3 is 2.86 bits per heavy atom. The van der Waals surface area contributed by atoms with E-state index in [4.69, 9.17) is 17.3 Å². The molecule has 0 radical (unpaired) electrons. The number of carbonyl (C=O) groups is 1. The van der Waals surface area contributed by atoms with E-state index in [-0.39, 0.29) is 10.8 Å². The molecule has 0 aliphatic heterocycles. The third-order valence-corrected chi connectivity index (χ3v) is 3.73. The summed E-state index contributed by atoms with van der Waals surface area (Å²) in [6, 6.07) is 8.28. The zero-order valence-electron chi connectivity index (χ0n) is 11.3. The number of primary amides is 1. The van der Waals surface area contributed by atoms with Gasteiger partial charge in [-0.2, -0.15) is 4.98 Å². The highest BCUT2D eigenvalue weighted by atomic mass is 35.5. The van der Waals surface area contributed by atoms with Crippen LogP contribution >= 0.6 is 11.6 Å². The number of carbonyl (C=O) groups excluding carboxylic acids is 1. The van der Waals surface area contributed by atoms with Crippen LogP contribution < -0.4 is 11.1 Å². The Morgan fingerprint density at radius 1 is 1.38 bits per heavy atom. The number of benzene rings is 1. The Balaban J connectivity index is 1.82. The average Bonchev–Trinajstić information content (AvgIpc) is 3.29. The van der Waals surface area contributed by atoms with Crippen LogP contribution in [0.25, 0.3) is 0 Å². The number of nitrogens with two attached hydrogens (primary N) is 1. The first-order valence-electron chi connectivity index (χ1n) is 6.79. The minimum Gasteiger partial charge on any atom is -0.365 e. The Bertz CT molecular complexity index is 685. The Morgan fingerprint density at radius 2 is 2.14 bits per heavy atom. The Hall–Kier alpha value is -2.14. The summed E-state index contributed by atoms with van der Waals surface area (Å²) >= 11 is 5.78. The molecule has 0 saturated heterocycles. The van der Waals surface area contributed by atoms with Crippen molar-refractivity contribution in [2.24, 2.45) is 5.73 Å². The molecule has 0 atom stereocenters. The lowest BCUT2D eigenvalue weighted by Gasteiger charge is -2.12. The van der Waals surface area contributed by atoms with Crippen molar-refractivity contribution in [3.8, 4) is 0 Å². The number of anilines is 1. The summed E-state index contributed by atoms with van der Waals surface area (Å²) in [6.07, 6.45) is 3.82. The monoisotopic (exact) mass is 302 g/mol. The van der Waals surface area contributed by atoms with Gasteiger partial charge in [-0.3, -0.25) is 4.79 Å². The third-order valence-electron chi connectivity index (χ3n) is 3.54. The topological polar surface area (TPSA) is 80.9 Å². The van der Waals surface area contributed by atoms with E-state index in [0.29, 0.717) is 18.3 Å². The second-order valence-corrected chi connectivity index (χ2v) is 5.43. The number of rotatable bonds is 5. The van der Waals surface area contributed by atoms with Gasteiger partial charge in [-0.05, 0) is 41.5 Å². The first-order chi connectivity index (χ1) is 10.1. The molecule has 0 bridgehead atoms. The molecule has 3 N–H and O–H groups in total. The lowest BCUT2D eigenvalue weighted by atomic mass is 10.0. The van der Waals surface area contributed by atoms with Crippen LogP contribution in [0.2, 0.25) is 5.28 Å². The van der Waals surface area contributed by atoms with Crippen LogP contribution in [0.4, 0.5) is 5.82 Å². The molecule has 2 aromatic rings. The van der Waals surface area contributed by atoms with E-state index in [1.54, 1.807) is 0 Å². The van der Waals surface area contributed by atoms with E-state index < -0.39 is 5.91 Å². The molecule has 1 amide bonds. The molecule has 1 aromatic heterocycles. The molecule has 1 aliphatic carbocycles. The van der Waals surface area contributed by atoms with Gasteiger partial charge >= 0.3 is 0 Å². The van der Waals surface area contributed by atoms with Crippen molar-refractivity contribution in [3.05, 3.63) is 52.4 Å². The molecule has 1 fully saturated rings. The smallest absolute Gasteiger partial charge is 0.254 e. The lowest BCUT2D eigenvalue weighted by molar-refractivity contribution is 0.100. The highest BCUT2D eigenvalue weighted by Crippen LogP contribution is 2.41. The zero-order chi connectivity index (χ0) is 14.8. The molecular formula is C15H15ClN4O. The van der Waals surface area contributed by atoms with Crippen molar-refractivity contribution < 1.29 is 4.79 Å². The molecular weight excluding hydrogens is 288 g/mol. The molecule has 1 aromatic carbocycles. The zero-order valence-corrected chi connectivity index (χ0v) is 12.1. The van der Waals surface area contributed by atoms with Crippen molar-refractivity contribution >= 4 is 23.3 Å². The second kappa shape index (κ2) is 5.69. The van der Waals surface area contributed by atoms with Crippen LogP contribution in [-0.2, 0) is 6.54 Å². The number of amides is 1. The summed E-state index contributed by atoms with van der Waals surface area (Å²) < 4.78 is 0. The second-order valence-electron chi connectivity index (χ2n) is 5.09. The minimum absolute atomic E-state index is 0.0815. The number of nitrogens with zero attached hydrogens (tertiary/aromatic N) is 2. The normalized spacial score (nSPS) is 14.0. The van der Waals surface area contributed by atoms with Gasteiger partial charge in [0, 0.05) is 12.7 Å². The van der Waals surface area contributed by atoms with Gasteiger partial charge in [0.2, 0.25) is 5.28 Å². The standard InChI is InChI=1S/C15H15ClN4O/c16-15-19-8-12(13(17)21)14(20-15)18-7-10-3-1-2-4-11(10)9-5-6-9/h1-4,8-9H,5-7H2,(H2,17,21)(H,18,19,20). The summed E-state index contributed by atoms with van der Waals surface area (Å²) in [5, 5.41) is 3.22. The van der Waals surface area contributed by atoms with Gasteiger partial charge in [0.15, 0.2) is 0 Å². The van der Waals surface area contributed by atoms with Gasteiger partial charge in [-0.15, -0.1) is 0 Å². The van der Waals surface area contributed by atoms with Gasteiger partial charge in [0.25, 0.3) is 5.91 Å². The molecule has 1 heterocycles. The molecule has 0 unspecified atom stereocenters. The van der Waals surface area contributed by atoms with Crippen molar-refractivity contribution in [3.63, 3.8) is 0 Å². The molecule has 21 heavy (non-hydrogen) atoms. The number of nitrogens with one attached hydrogen (secondary N) is 1. The first kappa shape index (κ1) is 13.8. The largest absolute Gasteiger partial charge is 0.365 e. The van der Waals surface area contributed by atoms with Crippen LogP contribution in [0.5, 0.6) is 0 Å². The van der Waals surface area contributed by atoms with Crippen LogP contribution in [0.1, 0.15) is 40.2 Å². The molecule has 6 heteroatoms. The predicted molar refractivity (Wildman–Crippen MR) is 81.3 cm³/mol. The molecule has 0 spiro atoms. The highest BCUT2D eigenvalue weighted by Gasteiger charge is 2.25. The number of hydrogen-bond acceptors (Lipinski definition) is 4. The van der Waals surface area contributed by atoms with E-state index >= 15 is 0 Å². The lowest BCUT2D eigenvalue weighted by Crippen LogP contribution is -2.16. The van der Waals surface area contributed by atoms with Crippen LogP contribution in [0.15, 0.2) is 30.5 Å². The molecule has 5 nitrogen and oxygen atoms in total. The summed E-state index contributed by atoms with van der Waals surface area (Å²) in [5.41, 5.74) is 8.11. The number of aromatic nitrogens is 2. The fraction of sp³-hybridized carbons (Fsp3) is 0.267. The Labute approximate surface area is 127 Å². The van der Waals surface area contributed by atoms with E-state index in [0.717, 1.165) is 0 Å². The average molecular weight is 303 g/mol. The quantitative estimate of drug-likeness (QED) is 0.832. The van der Waals surface area contributed by atoms with E-state index in [9.17, 15) is 4.79 Å². The molecule has 108 valence electrons. The van der Waals surface area contributed by atoms with Crippen molar-refractivity contribution in [1.82, 2.24) is 9.97 Å². The van der Waals surface area contributed by atoms with E-state index in [1.807, 2.05) is 12.1 Å². The van der Waals surface area contributed by atoms with Gasteiger partial charge in [-0.1, -0.05) is 24.3 Å². The number of hydrogen-bond donors (Lipinski definition) is 2. The summed E-state index contributed by atoms with van der Waals surface area (Å²) in [7, 11) is 0. The number of halogens is 1. The first-order valence-corrected chi connectivity index (χ1v) is 7.17. The third kappa shape index (κ3) is 3.13. The Kier molecular flexibility index (Phi) is 3.75. The van der Waals surface area contributed by atoms with Gasteiger partial charge < -0.3 is 11.1 Å². The molecule has 3 rings (SSSR count). The summed E-state index contributed by atoms with van der Waals surface area (Å²) in [4.78, 5) is 19.2. The van der Waals surface area contributed by atoms with Gasteiger partial charge in [0.05, 0.1) is 5.56 Å². The van der Waals surface area contributed by atoms with Crippen LogP contribution in [-0.4, -0.2) is 15.9 Å². The van der Waals surface area contributed by atoms with E-state index in [2.05, 4.69) is 27.4 Å². The molecule has 1 saturated carbocycles. The van der Waals surface area contributed by atoms with E-state index in [1.165, 1.54) is 30.2 Å². The van der Waals surface area contributed by atoms with Gasteiger partial charge in [-0.25, -0.2) is 4.98 Å². The summed E-state index contributed by atoms with van der Waals surface area (Å²) in [6.45, 7) is 0.570. The fourth-order valence-corrected chi connectivity index (χ4v) is 2.48. The predicted octanol–water partition coefficient (Wildman–Crippen LogP) is 2.72. The van der Waals surface area contributed by atoms with Crippen molar-refractivity contribution in [2.75, 3.05) is 5.32 Å².